The number of nitrogens with zero attached hydrogens (tertiary/aromatic N) is 3. The summed E-state index contributed by atoms with van der Waals surface area (Å²) in [6, 6.07) is 2.01. The second-order valence-electron chi connectivity index (χ2n) is 2.90. The van der Waals surface area contributed by atoms with Crippen LogP contribution in [0.15, 0.2) is 23.0 Å². The average molecular weight is 241 g/mol. The molecule has 0 amide bonds. The highest BCUT2D eigenvalue weighted by Crippen LogP contribution is 2.20. The van der Waals surface area contributed by atoms with E-state index in [4.69, 9.17) is 20.9 Å². The van der Waals surface area contributed by atoms with Crippen molar-refractivity contribution in [2.24, 2.45) is 0 Å². The molecule has 0 unspecified atom stereocenters. The summed E-state index contributed by atoms with van der Waals surface area (Å²) in [5.74, 6) is 0.497. The molecule has 0 aliphatic carbocycles. The zero-order valence-electron chi connectivity index (χ0n) is 8.48. The standard InChI is InChI=1S/C9H9ClN4O2/c1-15-9-12-5-7(10)8(13-9)11-4-6-2-3-16-14-6/h2-3,5H,4H2,1H3,(H,11,12,13). The van der Waals surface area contributed by atoms with Crippen LogP contribution in [0.3, 0.4) is 0 Å². The van der Waals surface area contributed by atoms with Crippen molar-refractivity contribution in [2.45, 2.75) is 6.54 Å². The lowest BCUT2D eigenvalue weighted by Gasteiger charge is -2.06. The molecule has 2 aromatic rings. The van der Waals surface area contributed by atoms with Gasteiger partial charge in [0.15, 0.2) is 5.82 Å². The van der Waals surface area contributed by atoms with Crippen LogP contribution in [-0.4, -0.2) is 22.2 Å². The molecular weight excluding hydrogens is 232 g/mol. The van der Waals surface area contributed by atoms with E-state index in [9.17, 15) is 0 Å². The Morgan fingerprint density at radius 1 is 1.56 bits per heavy atom. The van der Waals surface area contributed by atoms with Gasteiger partial charge in [0.25, 0.3) is 0 Å². The van der Waals surface area contributed by atoms with Crippen LogP contribution in [0.4, 0.5) is 5.82 Å². The second kappa shape index (κ2) is 4.80. The van der Waals surface area contributed by atoms with Crippen molar-refractivity contribution in [3.8, 4) is 6.01 Å². The maximum Gasteiger partial charge on any atom is 0.318 e. The van der Waals surface area contributed by atoms with Crippen molar-refractivity contribution in [1.29, 1.82) is 0 Å². The first-order valence-electron chi connectivity index (χ1n) is 4.49. The fourth-order valence-electron chi connectivity index (χ4n) is 1.08. The molecule has 0 aliphatic rings. The molecule has 2 aromatic heterocycles. The molecule has 16 heavy (non-hydrogen) atoms. The van der Waals surface area contributed by atoms with Gasteiger partial charge < -0.3 is 14.6 Å². The van der Waals surface area contributed by atoms with Gasteiger partial charge in [-0.15, -0.1) is 0 Å². The van der Waals surface area contributed by atoms with Gasteiger partial charge in [-0.1, -0.05) is 16.8 Å². The monoisotopic (exact) mass is 240 g/mol. The van der Waals surface area contributed by atoms with E-state index in [1.54, 1.807) is 6.07 Å². The van der Waals surface area contributed by atoms with Crippen LogP contribution in [0.1, 0.15) is 5.69 Å². The number of anilines is 1. The zero-order valence-corrected chi connectivity index (χ0v) is 9.23. The summed E-state index contributed by atoms with van der Waals surface area (Å²) in [6.07, 6.45) is 2.97. The summed E-state index contributed by atoms with van der Waals surface area (Å²) in [7, 11) is 1.49. The molecule has 0 saturated carbocycles. The van der Waals surface area contributed by atoms with Gasteiger partial charge in [0.05, 0.1) is 19.9 Å². The van der Waals surface area contributed by atoms with Gasteiger partial charge in [0, 0.05) is 6.07 Å². The van der Waals surface area contributed by atoms with Crippen molar-refractivity contribution in [3.63, 3.8) is 0 Å². The predicted octanol–water partition coefficient (Wildman–Crippen LogP) is 1.74. The van der Waals surface area contributed by atoms with E-state index in [0.29, 0.717) is 17.4 Å². The van der Waals surface area contributed by atoms with Crippen molar-refractivity contribution in [2.75, 3.05) is 12.4 Å². The lowest BCUT2D eigenvalue weighted by Crippen LogP contribution is -2.04. The lowest BCUT2D eigenvalue weighted by molar-refractivity contribution is 0.380. The van der Waals surface area contributed by atoms with E-state index in [0.717, 1.165) is 5.69 Å². The lowest BCUT2D eigenvalue weighted by atomic mass is 10.4. The van der Waals surface area contributed by atoms with Crippen molar-refractivity contribution in [1.82, 2.24) is 15.1 Å². The van der Waals surface area contributed by atoms with Crippen molar-refractivity contribution < 1.29 is 9.26 Å². The second-order valence-corrected chi connectivity index (χ2v) is 3.30. The van der Waals surface area contributed by atoms with Crippen LogP contribution in [0, 0.1) is 0 Å². The van der Waals surface area contributed by atoms with Gasteiger partial charge in [-0.05, 0) is 0 Å². The molecule has 1 N–H and O–H groups in total. The first-order chi connectivity index (χ1) is 7.79. The Morgan fingerprint density at radius 3 is 3.12 bits per heavy atom. The number of ether oxygens (including phenoxy) is 1. The Balaban J connectivity index is 2.08. The van der Waals surface area contributed by atoms with E-state index >= 15 is 0 Å². The van der Waals surface area contributed by atoms with E-state index in [1.165, 1.54) is 19.6 Å². The van der Waals surface area contributed by atoms with Crippen molar-refractivity contribution in [3.05, 3.63) is 29.2 Å². The molecule has 0 aromatic carbocycles. The minimum Gasteiger partial charge on any atom is -0.467 e. The van der Waals surface area contributed by atoms with E-state index < -0.39 is 0 Å². The van der Waals surface area contributed by atoms with E-state index in [2.05, 4.69) is 20.4 Å². The zero-order chi connectivity index (χ0) is 11.4. The van der Waals surface area contributed by atoms with Crippen molar-refractivity contribution >= 4 is 17.4 Å². The van der Waals surface area contributed by atoms with Gasteiger partial charge in [-0.3, -0.25) is 0 Å². The van der Waals surface area contributed by atoms with E-state index in [1.807, 2.05) is 0 Å². The molecule has 0 fully saturated rings. The smallest absolute Gasteiger partial charge is 0.318 e. The Bertz CT molecular complexity index is 461. The molecule has 0 saturated heterocycles. The quantitative estimate of drug-likeness (QED) is 0.878. The van der Waals surface area contributed by atoms with Gasteiger partial charge in [-0.25, -0.2) is 4.98 Å². The molecule has 0 bridgehead atoms. The summed E-state index contributed by atoms with van der Waals surface area (Å²) in [5.41, 5.74) is 0.758. The highest BCUT2D eigenvalue weighted by molar-refractivity contribution is 6.32. The summed E-state index contributed by atoms with van der Waals surface area (Å²) in [6.45, 7) is 0.469. The van der Waals surface area contributed by atoms with Gasteiger partial charge >= 0.3 is 6.01 Å². The number of aromatic nitrogens is 3. The van der Waals surface area contributed by atoms with Crippen LogP contribution >= 0.6 is 11.6 Å². The average Bonchev–Trinajstić information content (AvgIpc) is 2.81. The number of halogens is 1. The molecule has 0 aliphatic heterocycles. The SMILES string of the molecule is COc1ncc(Cl)c(NCc2ccon2)n1. The summed E-state index contributed by atoms with van der Waals surface area (Å²) in [4.78, 5) is 7.92. The number of hydrogen-bond acceptors (Lipinski definition) is 6. The van der Waals surface area contributed by atoms with Gasteiger partial charge in [-0.2, -0.15) is 4.98 Å². The Labute approximate surface area is 96.6 Å². The summed E-state index contributed by atoms with van der Waals surface area (Å²) < 4.78 is 9.59. The van der Waals surface area contributed by atoms with Crippen LogP contribution in [0.25, 0.3) is 0 Å². The minimum absolute atomic E-state index is 0.257. The third-order valence-corrected chi connectivity index (χ3v) is 2.11. The molecule has 2 heterocycles. The summed E-state index contributed by atoms with van der Waals surface area (Å²) >= 11 is 5.91. The number of rotatable bonds is 4. The molecule has 0 radical (unpaired) electrons. The normalized spacial score (nSPS) is 10.1. The van der Waals surface area contributed by atoms with E-state index in [-0.39, 0.29) is 6.01 Å². The molecule has 84 valence electrons. The number of hydrogen-bond donors (Lipinski definition) is 1. The molecule has 6 nitrogen and oxygen atoms in total. The topological polar surface area (TPSA) is 73.1 Å². The van der Waals surface area contributed by atoms with Crippen LogP contribution < -0.4 is 10.1 Å². The fourth-order valence-corrected chi connectivity index (χ4v) is 1.23. The minimum atomic E-state index is 0.257. The molecular formula is C9H9ClN4O2. The largest absolute Gasteiger partial charge is 0.467 e. The third-order valence-electron chi connectivity index (χ3n) is 1.83. The van der Waals surface area contributed by atoms with Crippen LogP contribution in [0.5, 0.6) is 6.01 Å². The number of nitrogens with one attached hydrogen (secondary N) is 1. The van der Waals surface area contributed by atoms with Gasteiger partial charge in [0.2, 0.25) is 0 Å². The Kier molecular flexibility index (Phi) is 3.21. The molecule has 0 atom stereocenters. The van der Waals surface area contributed by atoms with Crippen LogP contribution in [0.2, 0.25) is 5.02 Å². The van der Waals surface area contributed by atoms with Gasteiger partial charge in [0.1, 0.15) is 17.0 Å². The third kappa shape index (κ3) is 2.40. The highest BCUT2D eigenvalue weighted by Gasteiger charge is 2.05. The Morgan fingerprint density at radius 2 is 2.44 bits per heavy atom. The fraction of sp³-hybridized carbons (Fsp3) is 0.222. The molecule has 7 heteroatoms. The van der Waals surface area contributed by atoms with Crippen LogP contribution in [-0.2, 0) is 6.54 Å². The maximum atomic E-state index is 5.91. The number of methoxy groups -OCH3 is 1. The maximum absolute atomic E-state index is 5.91. The Hall–Kier alpha value is -1.82. The first kappa shape index (κ1) is 10.7. The highest BCUT2D eigenvalue weighted by atomic mass is 35.5. The molecule has 0 spiro atoms. The molecule has 2 rings (SSSR count). The summed E-state index contributed by atoms with van der Waals surface area (Å²) in [5, 5.41) is 7.17. The predicted molar refractivity (Wildman–Crippen MR) is 57.4 cm³/mol. The first-order valence-corrected chi connectivity index (χ1v) is 4.87.